The maximum absolute atomic E-state index is 12.4. The molecule has 3 rings (SSSR count). The van der Waals surface area contributed by atoms with Gasteiger partial charge in [0.05, 0.1) is 13.2 Å². The Morgan fingerprint density at radius 2 is 1.95 bits per heavy atom. The molecular weight excluding hydrogens is 306 g/mol. The Hall–Kier alpha value is -1.79. The number of rotatable bonds is 3. The van der Waals surface area contributed by atoms with Crippen LogP contribution in [0.1, 0.15) is 0 Å². The Labute approximate surface area is 134 Å². The van der Waals surface area contributed by atoms with E-state index in [0.717, 1.165) is 5.69 Å². The van der Waals surface area contributed by atoms with E-state index in [0.29, 0.717) is 44.4 Å². The van der Waals surface area contributed by atoms with Crippen LogP contribution in [0.25, 0.3) is 0 Å². The number of carbonyl (C=O) groups is 2. The van der Waals surface area contributed by atoms with Gasteiger partial charge in [-0.05, 0) is 18.2 Å². The fourth-order valence-corrected chi connectivity index (χ4v) is 2.87. The quantitative estimate of drug-likeness (QED) is 0.846. The van der Waals surface area contributed by atoms with Crippen molar-refractivity contribution in [3.8, 4) is 0 Å². The molecule has 3 amide bonds. The molecule has 7 heteroatoms. The zero-order chi connectivity index (χ0) is 15.5. The molecule has 1 aromatic carbocycles. The molecule has 6 nitrogen and oxygen atoms in total. The van der Waals surface area contributed by atoms with E-state index in [2.05, 4.69) is 0 Å². The first-order valence-corrected chi connectivity index (χ1v) is 7.70. The highest BCUT2D eigenvalue weighted by molar-refractivity contribution is 6.30. The lowest BCUT2D eigenvalue weighted by Gasteiger charge is -2.28. The van der Waals surface area contributed by atoms with Gasteiger partial charge in [-0.2, -0.15) is 0 Å². The standard InChI is InChI=1S/C15H18ClN3O3/c16-12-2-1-3-13(10-12)19-5-4-18(15(19)21)11-14(20)17-6-8-22-9-7-17/h1-3,10H,4-9,11H2. The van der Waals surface area contributed by atoms with E-state index in [4.69, 9.17) is 16.3 Å². The number of morpholine rings is 1. The monoisotopic (exact) mass is 323 g/mol. The number of benzene rings is 1. The summed E-state index contributed by atoms with van der Waals surface area (Å²) in [4.78, 5) is 29.7. The van der Waals surface area contributed by atoms with Crippen LogP contribution in [0.3, 0.4) is 0 Å². The molecule has 2 saturated heterocycles. The Morgan fingerprint density at radius 1 is 1.18 bits per heavy atom. The van der Waals surface area contributed by atoms with Crippen LogP contribution < -0.4 is 4.90 Å². The molecule has 0 unspecified atom stereocenters. The van der Waals surface area contributed by atoms with Crippen LogP contribution in [0, 0.1) is 0 Å². The predicted octanol–water partition coefficient (Wildman–Crippen LogP) is 1.44. The van der Waals surface area contributed by atoms with E-state index in [1.165, 1.54) is 0 Å². The molecule has 2 heterocycles. The van der Waals surface area contributed by atoms with Gasteiger partial charge < -0.3 is 14.5 Å². The molecule has 0 radical (unpaired) electrons. The predicted molar refractivity (Wildman–Crippen MR) is 83.2 cm³/mol. The van der Waals surface area contributed by atoms with Gasteiger partial charge in [-0.25, -0.2) is 4.79 Å². The van der Waals surface area contributed by atoms with Crippen LogP contribution >= 0.6 is 11.6 Å². The second-order valence-electron chi connectivity index (χ2n) is 5.33. The Morgan fingerprint density at radius 3 is 2.68 bits per heavy atom. The number of hydrogen-bond donors (Lipinski definition) is 0. The first-order chi connectivity index (χ1) is 10.6. The van der Waals surface area contributed by atoms with Gasteiger partial charge in [0, 0.05) is 36.9 Å². The third-order valence-electron chi connectivity index (χ3n) is 3.90. The summed E-state index contributed by atoms with van der Waals surface area (Å²) in [5, 5.41) is 0.591. The third kappa shape index (κ3) is 3.18. The highest BCUT2D eigenvalue weighted by Gasteiger charge is 2.32. The van der Waals surface area contributed by atoms with Crippen LogP contribution in [0.15, 0.2) is 24.3 Å². The van der Waals surface area contributed by atoms with Crippen LogP contribution in [0.4, 0.5) is 10.5 Å². The minimum atomic E-state index is -0.149. The van der Waals surface area contributed by atoms with Gasteiger partial charge in [0.2, 0.25) is 5.91 Å². The number of anilines is 1. The van der Waals surface area contributed by atoms with Crippen molar-refractivity contribution in [3.05, 3.63) is 29.3 Å². The Bertz CT molecular complexity index is 575. The van der Waals surface area contributed by atoms with E-state index in [1.807, 2.05) is 12.1 Å². The van der Waals surface area contributed by atoms with Gasteiger partial charge in [-0.1, -0.05) is 17.7 Å². The van der Waals surface area contributed by atoms with Gasteiger partial charge in [0.1, 0.15) is 6.54 Å². The van der Waals surface area contributed by atoms with Crippen molar-refractivity contribution in [3.63, 3.8) is 0 Å². The zero-order valence-corrected chi connectivity index (χ0v) is 13.0. The lowest BCUT2D eigenvalue weighted by atomic mass is 10.3. The normalized spacial score (nSPS) is 19.0. The lowest BCUT2D eigenvalue weighted by Crippen LogP contribution is -2.46. The molecule has 0 aromatic heterocycles. The SMILES string of the molecule is O=C(CN1CCN(c2cccc(Cl)c2)C1=O)N1CCOCC1. The number of amides is 3. The summed E-state index contributed by atoms with van der Waals surface area (Å²) in [5.74, 6) is -0.0235. The first-order valence-electron chi connectivity index (χ1n) is 7.33. The average Bonchev–Trinajstić information content (AvgIpc) is 2.89. The zero-order valence-electron chi connectivity index (χ0n) is 12.2. The summed E-state index contributed by atoms with van der Waals surface area (Å²) in [6, 6.07) is 7.03. The summed E-state index contributed by atoms with van der Waals surface area (Å²) in [6.45, 7) is 3.55. The molecule has 118 valence electrons. The van der Waals surface area contributed by atoms with Crippen molar-refractivity contribution in [1.29, 1.82) is 0 Å². The summed E-state index contributed by atoms with van der Waals surface area (Å²) < 4.78 is 5.23. The number of halogens is 1. The minimum Gasteiger partial charge on any atom is -0.378 e. The van der Waals surface area contributed by atoms with Crippen LogP contribution in [0.5, 0.6) is 0 Å². The maximum Gasteiger partial charge on any atom is 0.325 e. The van der Waals surface area contributed by atoms with Crippen molar-refractivity contribution in [1.82, 2.24) is 9.80 Å². The van der Waals surface area contributed by atoms with E-state index < -0.39 is 0 Å². The average molecular weight is 324 g/mol. The minimum absolute atomic E-state index is 0.0235. The molecule has 0 atom stereocenters. The van der Waals surface area contributed by atoms with Crippen LogP contribution in [-0.4, -0.2) is 67.7 Å². The van der Waals surface area contributed by atoms with Gasteiger partial charge in [0.15, 0.2) is 0 Å². The first kappa shape index (κ1) is 15.1. The van der Waals surface area contributed by atoms with Crippen molar-refractivity contribution >= 4 is 29.2 Å². The molecule has 22 heavy (non-hydrogen) atoms. The highest BCUT2D eigenvalue weighted by atomic mass is 35.5. The van der Waals surface area contributed by atoms with Gasteiger partial charge >= 0.3 is 6.03 Å². The summed E-state index contributed by atoms with van der Waals surface area (Å²) >= 11 is 5.97. The van der Waals surface area contributed by atoms with E-state index in [9.17, 15) is 9.59 Å². The number of hydrogen-bond acceptors (Lipinski definition) is 3. The van der Waals surface area contributed by atoms with Crippen molar-refractivity contribution in [2.75, 3.05) is 50.8 Å². The van der Waals surface area contributed by atoms with E-state index in [1.54, 1.807) is 26.8 Å². The molecule has 2 aliphatic heterocycles. The molecular formula is C15H18ClN3O3. The molecule has 2 aliphatic rings. The Balaban J connectivity index is 1.62. The molecule has 0 saturated carbocycles. The molecule has 0 spiro atoms. The fraction of sp³-hybridized carbons (Fsp3) is 0.467. The molecule has 0 N–H and O–H groups in total. The van der Waals surface area contributed by atoms with Gasteiger partial charge in [-0.15, -0.1) is 0 Å². The topological polar surface area (TPSA) is 53.1 Å². The number of carbonyl (C=O) groups excluding carboxylic acids is 2. The van der Waals surface area contributed by atoms with Gasteiger partial charge in [-0.3, -0.25) is 9.69 Å². The number of ether oxygens (including phenoxy) is 1. The van der Waals surface area contributed by atoms with Crippen LogP contribution in [-0.2, 0) is 9.53 Å². The highest BCUT2D eigenvalue weighted by Crippen LogP contribution is 2.23. The second-order valence-corrected chi connectivity index (χ2v) is 5.77. The molecule has 1 aromatic rings. The van der Waals surface area contributed by atoms with Crippen LogP contribution in [0.2, 0.25) is 5.02 Å². The summed E-state index contributed by atoms with van der Waals surface area (Å²) in [7, 11) is 0. The van der Waals surface area contributed by atoms with Gasteiger partial charge in [0.25, 0.3) is 0 Å². The van der Waals surface area contributed by atoms with Crippen molar-refractivity contribution in [2.45, 2.75) is 0 Å². The Kier molecular flexibility index (Phi) is 4.49. The number of nitrogens with zero attached hydrogens (tertiary/aromatic N) is 3. The van der Waals surface area contributed by atoms with E-state index >= 15 is 0 Å². The summed E-state index contributed by atoms with van der Waals surface area (Å²) in [6.07, 6.45) is 0. The largest absolute Gasteiger partial charge is 0.378 e. The second kappa shape index (κ2) is 6.54. The summed E-state index contributed by atoms with van der Waals surface area (Å²) in [5.41, 5.74) is 0.763. The number of urea groups is 1. The molecule has 0 bridgehead atoms. The lowest BCUT2D eigenvalue weighted by molar-refractivity contribution is -0.135. The fourth-order valence-electron chi connectivity index (χ4n) is 2.69. The third-order valence-corrected chi connectivity index (χ3v) is 4.14. The van der Waals surface area contributed by atoms with Crippen molar-refractivity contribution < 1.29 is 14.3 Å². The smallest absolute Gasteiger partial charge is 0.325 e. The molecule has 2 fully saturated rings. The van der Waals surface area contributed by atoms with E-state index in [-0.39, 0.29) is 18.5 Å². The van der Waals surface area contributed by atoms with Crippen molar-refractivity contribution in [2.24, 2.45) is 0 Å². The molecule has 0 aliphatic carbocycles. The maximum atomic E-state index is 12.4.